The van der Waals surface area contributed by atoms with Crippen LogP contribution < -0.4 is 10.6 Å². The highest BCUT2D eigenvalue weighted by atomic mass is 32.1. The van der Waals surface area contributed by atoms with Crippen molar-refractivity contribution in [3.8, 4) is 5.69 Å². The van der Waals surface area contributed by atoms with E-state index in [4.69, 9.17) is 0 Å². The average Bonchev–Trinajstić information content (AvgIpc) is 3.34. The first kappa shape index (κ1) is 19.8. The summed E-state index contributed by atoms with van der Waals surface area (Å²) in [5.74, 6) is -0.439. The van der Waals surface area contributed by atoms with E-state index in [1.54, 1.807) is 24.3 Å². The van der Waals surface area contributed by atoms with Gasteiger partial charge < -0.3 is 10.6 Å². The van der Waals surface area contributed by atoms with E-state index in [-0.39, 0.29) is 11.8 Å². The number of para-hydroxylation sites is 2. The molecule has 7 heteroatoms. The Morgan fingerprint density at radius 2 is 1.77 bits per heavy atom. The van der Waals surface area contributed by atoms with E-state index >= 15 is 0 Å². The fourth-order valence-corrected chi connectivity index (χ4v) is 4.29. The molecule has 6 nitrogen and oxygen atoms in total. The molecule has 0 saturated carbocycles. The van der Waals surface area contributed by atoms with Crippen molar-refractivity contribution < 1.29 is 9.59 Å². The molecule has 0 fully saturated rings. The van der Waals surface area contributed by atoms with Crippen molar-refractivity contribution in [2.45, 2.75) is 20.3 Å². The Kier molecular flexibility index (Phi) is 5.63. The first-order chi connectivity index (χ1) is 14.6. The molecular weight excluding hydrogens is 396 g/mol. The second-order valence-corrected chi connectivity index (χ2v) is 7.95. The molecule has 0 radical (unpaired) electrons. The van der Waals surface area contributed by atoms with Crippen LogP contribution in [-0.4, -0.2) is 28.1 Å². The molecular formula is C23H22N4O2S. The predicted molar refractivity (Wildman–Crippen MR) is 121 cm³/mol. The number of rotatable bonds is 6. The molecule has 2 aromatic carbocycles. The molecule has 2 N–H and O–H groups in total. The highest BCUT2D eigenvalue weighted by molar-refractivity contribution is 7.20. The van der Waals surface area contributed by atoms with E-state index in [0.717, 1.165) is 28.0 Å². The lowest BCUT2D eigenvalue weighted by Gasteiger charge is -2.10. The van der Waals surface area contributed by atoms with Gasteiger partial charge in [0.15, 0.2) is 0 Å². The summed E-state index contributed by atoms with van der Waals surface area (Å²) >= 11 is 1.38. The maximum absolute atomic E-state index is 13.0. The molecule has 2 aromatic heterocycles. The van der Waals surface area contributed by atoms with Gasteiger partial charge in [-0.25, -0.2) is 4.68 Å². The standard InChI is InChI=1S/C23H22N4O2S/c1-3-13-24-21(28)17-11-7-8-12-19(17)25-22(29)20-14-18-15(2)26-27(23(18)30-20)16-9-5-4-6-10-16/h4-12,14H,3,13H2,1-2H3,(H,24,28)(H,25,29). The van der Waals surface area contributed by atoms with Gasteiger partial charge in [-0.1, -0.05) is 37.3 Å². The van der Waals surface area contributed by atoms with E-state index in [0.29, 0.717) is 22.7 Å². The third-order valence-electron chi connectivity index (χ3n) is 4.72. The lowest BCUT2D eigenvalue weighted by atomic mass is 10.1. The fourth-order valence-electron chi connectivity index (χ4n) is 3.21. The van der Waals surface area contributed by atoms with E-state index in [9.17, 15) is 9.59 Å². The number of hydrogen-bond acceptors (Lipinski definition) is 4. The topological polar surface area (TPSA) is 76.0 Å². The van der Waals surface area contributed by atoms with Gasteiger partial charge in [0, 0.05) is 11.9 Å². The molecule has 0 atom stereocenters. The van der Waals surface area contributed by atoms with Gasteiger partial charge in [-0.3, -0.25) is 9.59 Å². The average molecular weight is 419 g/mol. The first-order valence-electron chi connectivity index (χ1n) is 9.81. The summed E-state index contributed by atoms with van der Waals surface area (Å²) in [5, 5.41) is 11.3. The Labute approximate surface area is 178 Å². The number of fused-ring (bicyclic) bond motifs is 1. The van der Waals surface area contributed by atoms with Crippen LogP contribution in [0.2, 0.25) is 0 Å². The quantitative estimate of drug-likeness (QED) is 0.473. The Bertz CT molecular complexity index is 1210. The third kappa shape index (κ3) is 3.84. The lowest BCUT2D eigenvalue weighted by molar-refractivity contribution is 0.0954. The van der Waals surface area contributed by atoms with Crippen molar-refractivity contribution in [3.05, 3.63) is 76.8 Å². The minimum absolute atomic E-state index is 0.195. The zero-order valence-corrected chi connectivity index (χ0v) is 17.6. The van der Waals surface area contributed by atoms with Crippen LogP contribution >= 0.6 is 11.3 Å². The number of amides is 2. The highest BCUT2D eigenvalue weighted by Crippen LogP contribution is 2.31. The normalized spacial score (nSPS) is 10.9. The summed E-state index contributed by atoms with van der Waals surface area (Å²) in [6.45, 7) is 4.52. The summed E-state index contributed by atoms with van der Waals surface area (Å²) in [6, 6.07) is 18.7. The Hall–Kier alpha value is -3.45. The number of anilines is 1. The van der Waals surface area contributed by atoms with Crippen molar-refractivity contribution in [1.29, 1.82) is 0 Å². The Morgan fingerprint density at radius 1 is 1.03 bits per heavy atom. The van der Waals surface area contributed by atoms with Crippen molar-refractivity contribution in [2.75, 3.05) is 11.9 Å². The van der Waals surface area contributed by atoms with Gasteiger partial charge >= 0.3 is 0 Å². The van der Waals surface area contributed by atoms with Crippen molar-refractivity contribution in [3.63, 3.8) is 0 Å². The molecule has 0 bridgehead atoms. The minimum Gasteiger partial charge on any atom is -0.352 e. The van der Waals surface area contributed by atoms with Crippen molar-refractivity contribution >= 4 is 39.1 Å². The lowest BCUT2D eigenvalue weighted by Crippen LogP contribution is -2.25. The van der Waals surface area contributed by atoms with E-state index < -0.39 is 0 Å². The Balaban J connectivity index is 1.63. The van der Waals surface area contributed by atoms with Crippen molar-refractivity contribution in [2.24, 2.45) is 0 Å². The van der Waals surface area contributed by atoms with Gasteiger partial charge in [-0.2, -0.15) is 5.10 Å². The number of aromatic nitrogens is 2. The van der Waals surface area contributed by atoms with Crippen LogP contribution in [0.1, 0.15) is 39.1 Å². The second-order valence-electron chi connectivity index (χ2n) is 6.92. The number of carbonyl (C=O) groups excluding carboxylic acids is 2. The van der Waals surface area contributed by atoms with Crippen molar-refractivity contribution in [1.82, 2.24) is 15.1 Å². The van der Waals surface area contributed by atoms with Crippen LogP contribution in [0.5, 0.6) is 0 Å². The number of hydrogen-bond donors (Lipinski definition) is 2. The highest BCUT2D eigenvalue weighted by Gasteiger charge is 2.19. The van der Waals surface area contributed by atoms with Crippen LogP contribution in [0.15, 0.2) is 60.7 Å². The molecule has 2 heterocycles. The van der Waals surface area contributed by atoms with Gasteiger partial charge in [0.25, 0.3) is 11.8 Å². The SMILES string of the molecule is CCCNC(=O)c1ccccc1NC(=O)c1cc2c(C)nn(-c3ccccc3)c2s1. The number of nitrogens with one attached hydrogen (secondary N) is 2. The van der Waals surface area contributed by atoms with E-state index in [2.05, 4.69) is 15.7 Å². The van der Waals surface area contributed by atoms with Gasteiger partial charge in [-0.05, 0) is 43.7 Å². The molecule has 0 aliphatic heterocycles. The maximum atomic E-state index is 13.0. The molecule has 0 spiro atoms. The number of aryl methyl sites for hydroxylation is 1. The zero-order chi connectivity index (χ0) is 21.1. The number of benzene rings is 2. The molecule has 30 heavy (non-hydrogen) atoms. The second kappa shape index (κ2) is 8.51. The molecule has 2 amide bonds. The third-order valence-corrected chi connectivity index (χ3v) is 5.83. The minimum atomic E-state index is -0.244. The summed E-state index contributed by atoms with van der Waals surface area (Å²) in [4.78, 5) is 26.9. The van der Waals surface area contributed by atoms with Crippen LogP contribution in [0.3, 0.4) is 0 Å². The summed E-state index contributed by atoms with van der Waals surface area (Å²) in [6.07, 6.45) is 0.847. The van der Waals surface area contributed by atoms with Crippen LogP contribution in [0, 0.1) is 6.92 Å². The molecule has 0 aliphatic carbocycles. The van der Waals surface area contributed by atoms with Crippen LogP contribution in [0.25, 0.3) is 15.9 Å². The Morgan fingerprint density at radius 3 is 2.53 bits per heavy atom. The molecule has 152 valence electrons. The van der Waals surface area contributed by atoms with E-state index in [1.807, 2.05) is 54.9 Å². The van der Waals surface area contributed by atoms with Gasteiger partial charge in [-0.15, -0.1) is 11.3 Å². The van der Waals surface area contributed by atoms with E-state index in [1.165, 1.54) is 11.3 Å². The number of carbonyl (C=O) groups is 2. The summed E-state index contributed by atoms with van der Waals surface area (Å²) in [7, 11) is 0. The van der Waals surface area contributed by atoms with Gasteiger partial charge in [0.05, 0.1) is 27.5 Å². The first-order valence-corrected chi connectivity index (χ1v) is 10.6. The van der Waals surface area contributed by atoms with Gasteiger partial charge in [0.2, 0.25) is 0 Å². The van der Waals surface area contributed by atoms with Gasteiger partial charge in [0.1, 0.15) is 4.83 Å². The molecule has 0 unspecified atom stereocenters. The summed E-state index contributed by atoms with van der Waals surface area (Å²) < 4.78 is 1.86. The maximum Gasteiger partial charge on any atom is 0.265 e. The van der Waals surface area contributed by atoms with Crippen LogP contribution in [-0.2, 0) is 0 Å². The monoisotopic (exact) mass is 418 g/mol. The van der Waals surface area contributed by atoms with Crippen LogP contribution in [0.4, 0.5) is 5.69 Å². The smallest absolute Gasteiger partial charge is 0.265 e. The zero-order valence-electron chi connectivity index (χ0n) is 16.8. The molecule has 4 rings (SSSR count). The summed E-state index contributed by atoms with van der Waals surface area (Å²) in [5.41, 5.74) is 2.76. The molecule has 0 aliphatic rings. The molecule has 4 aromatic rings. The largest absolute Gasteiger partial charge is 0.352 e. The predicted octanol–water partition coefficient (Wildman–Crippen LogP) is 4.79. The number of thiophene rings is 1. The number of nitrogens with zero attached hydrogens (tertiary/aromatic N) is 2. The molecule has 0 saturated heterocycles. The fraction of sp³-hybridized carbons (Fsp3) is 0.174.